The van der Waals surface area contributed by atoms with Crippen molar-refractivity contribution in [1.29, 1.82) is 0 Å². The Morgan fingerprint density at radius 2 is 2.36 bits per heavy atom. The zero-order valence-electron chi connectivity index (χ0n) is 7.58. The van der Waals surface area contributed by atoms with Crippen LogP contribution in [0.3, 0.4) is 0 Å². The molecule has 0 saturated heterocycles. The van der Waals surface area contributed by atoms with E-state index in [0.717, 1.165) is 21.0 Å². The average molecular weight is 229 g/mol. The van der Waals surface area contributed by atoms with Crippen LogP contribution in [0, 0.1) is 0 Å². The van der Waals surface area contributed by atoms with E-state index < -0.39 is 0 Å². The minimum absolute atomic E-state index is 0.429. The number of fused-ring (bicyclic) bond motifs is 1. The van der Waals surface area contributed by atoms with Gasteiger partial charge in [-0.3, -0.25) is 0 Å². The molecule has 3 nitrogen and oxygen atoms in total. The van der Waals surface area contributed by atoms with Gasteiger partial charge in [0.05, 0.1) is 16.8 Å². The predicted octanol–water partition coefficient (Wildman–Crippen LogP) is 2.42. The van der Waals surface area contributed by atoms with Crippen molar-refractivity contribution >= 4 is 33.2 Å². The van der Waals surface area contributed by atoms with Crippen molar-refractivity contribution in [3.63, 3.8) is 0 Å². The van der Waals surface area contributed by atoms with Crippen LogP contribution in [-0.2, 0) is 6.54 Å². The van der Waals surface area contributed by atoms with Crippen LogP contribution in [0.4, 0.5) is 0 Å². The van der Waals surface area contributed by atoms with E-state index in [1.807, 2.05) is 6.07 Å². The Bertz CT molecular complexity index is 469. The maximum atomic E-state index is 6.03. The van der Waals surface area contributed by atoms with Gasteiger partial charge in [0.2, 0.25) is 0 Å². The molecule has 0 aliphatic carbocycles. The lowest BCUT2D eigenvalue weighted by Crippen LogP contribution is -1.94. The van der Waals surface area contributed by atoms with Crippen molar-refractivity contribution in [3.8, 4) is 5.75 Å². The van der Waals surface area contributed by atoms with Gasteiger partial charge in [-0.2, -0.15) is 0 Å². The SMILES string of the molecule is COc1ccc(Cl)c2sc(CN)nc12. The number of nitrogens with two attached hydrogens (primary N) is 1. The van der Waals surface area contributed by atoms with Crippen molar-refractivity contribution in [2.24, 2.45) is 5.73 Å². The summed E-state index contributed by atoms with van der Waals surface area (Å²) in [6.45, 7) is 0.429. The van der Waals surface area contributed by atoms with Gasteiger partial charge in [0.1, 0.15) is 16.3 Å². The van der Waals surface area contributed by atoms with Crippen molar-refractivity contribution in [1.82, 2.24) is 4.98 Å². The first-order chi connectivity index (χ1) is 6.76. The number of aromatic nitrogens is 1. The third-order valence-corrected chi connectivity index (χ3v) is 3.44. The van der Waals surface area contributed by atoms with Gasteiger partial charge in [0.15, 0.2) is 0 Å². The molecule has 74 valence electrons. The van der Waals surface area contributed by atoms with E-state index >= 15 is 0 Å². The summed E-state index contributed by atoms with van der Waals surface area (Å²) in [6, 6.07) is 3.62. The van der Waals surface area contributed by atoms with Crippen molar-refractivity contribution in [2.45, 2.75) is 6.54 Å². The number of ether oxygens (including phenoxy) is 1. The van der Waals surface area contributed by atoms with E-state index in [2.05, 4.69) is 4.98 Å². The molecule has 2 N–H and O–H groups in total. The van der Waals surface area contributed by atoms with Crippen LogP contribution in [0.15, 0.2) is 12.1 Å². The van der Waals surface area contributed by atoms with E-state index in [0.29, 0.717) is 11.6 Å². The lowest BCUT2D eigenvalue weighted by molar-refractivity contribution is 0.419. The molecule has 0 aliphatic rings. The smallest absolute Gasteiger partial charge is 0.146 e. The van der Waals surface area contributed by atoms with Crippen LogP contribution >= 0.6 is 22.9 Å². The number of halogens is 1. The lowest BCUT2D eigenvalue weighted by atomic mass is 10.3. The standard InChI is InChI=1S/C9H9ClN2OS/c1-13-6-3-2-5(10)9-8(6)12-7(4-11)14-9/h2-3H,4,11H2,1H3. The molecule has 0 bridgehead atoms. The summed E-state index contributed by atoms with van der Waals surface area (Å²) in [7, 11) is 1.62. The molecule has 0 spiro atoms. The molecule has 0 fully saturated rings. The Hall–Kier alpha value is -0.840. The molecule has 0 aliphatic heterocycles. The molecule has 2 aromatic rings. The molecule has 1 aromatic carbocycles. The number of benzene rings is 1. The van der Waals surface area contributed by atoms with Crippen LogP contribution in [0.2, 0.25) is 5.02 Å². The maximum absolute atomic E-state index is 6.03. The van der Waals surface area contributed by atoms with E-state index in [-0.39, 0.29) is 0 Å². The van der Waals surface area contributed by atoms with Gasteiger partial charge < -0.3 is 10.5 Å². The first kappa shape index (κ1) is 9.71. The van der Waals surface area contributed by atoms with Gasteiger partial charge in [0.25, 0.3) is 0 Å². The van der Waals surface area contributed by atoms with E-state index in [4.69, 9.17) is 22.1 Å². The Morgan fingerprint density at radius 3 is 3.00 bits per heavy atom. The number of thiazole rings is 1. The predicted molar refractivity (Wildman–Crippen MR) is 59.1 cm³/mol. The van der Waals surface area contributed by atoms with Crippen molar-refractivity contribution in [2.75, 3.05) is 7.11 Å². The molecular weight excluding hydrogens is 220 g/mol. The molecule has 0 radical (unpaired) electrons. The van der Waals surface area contributed by atoms with Crippen molar-refractivity contribution in [3.05, 3.63) is 22.2 Å². The summed E-state index contributed by atoms with van der Waals surface area (Å²) in [5.74, 6) is 0.736. The second-order valence-corrected chi connectivity index (χ2v) is 4.23. The molecule has 0 unspecified atom stereocenters. The summed E-state index contributed by atoms with van der Waals surface area (Å²) < 4.78 is 6.12. The van der Waals surface area contributed by atoms with Gasteiger partial charge >= 0.3 is 0 Å². The quantitative estimate of drug-likeness (QED) is 0.859. The first-order valence-electron chi connectivity index (χ1n) is 4.08. The minimum Gasteiger partial charge on any atom is -0.494 e. The highest BCUT2D eigenvalue weighted by Gasteiger charge is 2.10. The fourth-order valence-corrected chi connectivity index (χ4v) is 2.38. The Balaban J connectivity index is 2.74. The van der Waals surface area contributed by atoms with Crippen LogP contribution in [0.5, 0.6) is 5.75 Å². The van der Waals surface area contributed by atoms with Crippen LogP contribution in [0.25, 0.3) is 10.2 Å². The highest BCUT2D eigenvalue weighted by molar-refractivity contribution is 7.19. The van der Waals surface area contributed by atoms with Crippen LogP contribution < -0.4 is 10.5 Å². The number of rotatable bonds is 2. The number of hydrogen-bond acceptors (Lipinski definition) is 4. The Morgan fingerprint density at radius 1 is 1.57 bits per heavy atom. The Labute approximate surface area is 90.5 Å². The zero-order valence-corrected chi connectivity index (χ0v) is 9.15. The van der Waals surface area contributed by atoms with Gasteiger partial charge in [-0.25, -0.2) is 4.98 Å². The largest absolute Gasteiger partial charge is 0.494 e. The maximum Gasteiger partial charge on any atom is 0.146 e. The topological polar surface area (TPSA) is 48.1 Å². The van der Waals surface area contributed by atoms with Gasteiger partial charge in [-0.15, -0.1) is 11.3 Å². The second-order valence-electron chi connectivity index (χ2n) is 2.74. The third kappa shape index (κ3) is 1.45. The van der Waals surface area contributed by atoms with E-state index in [1.165, 1.54) is 11.3 Å². The van der Waals surface area contributed by atoms with Gasteiger partial charge in [0, 0.05) is 6.54 Å². The zero-order chi connectivity index (χ0) is 10.1. The third-order valence-electron chi connectivity index (χ3n) is 1.90. The molecular formula is C9H9ClN2OS. The molecule has 0 atom stereocenters. The van der Waals surface area contributed by atoms with E-state index in [9.17, 15) is 0 Å². The first-order valence-corrected chi connectivity index (χ1v) is 5.27. The number of nitrogens with zero attached hydrogens (tertiary/aromatic N) is 1. The van der Waals surface area contributed by atoms with Gasteiger partial charge in [-0.1, -0.05) is 11.6 Å². The summed E-state index contributed by atoms with van der Waals surface area (Å²) in [4.78, 5) is 4.35. The van der Waals surface area contributed by atoms with Crippen LogP contribution in [0.1, 0.15) is 5.01 Å². The summed E-state index contributed by atoms with van der Waals surface area (Å²) in [5.41, 5.74) is 6.32. The molecule has 0 amide bonds. The molecule has 14 heavy (non-hydrogen) atoms. The summed E-state index contributed by atoms with van der Waals surface area (Å²) in [5, 5.41) is 1.56. The molecule has 2 rings (SSSR count). The monoisotopic (exact) mass is 228 g/mol. The van der Waals surface area contributed by atoms with Crippen molar-refractivity contribution < 1.29 is 4.74 Å². The normalized spacial score (nSPS) is 10.8. The second kappa shape index (κ2) is 3.73. The minimum atomic E-state index is 0.429. The fraction of sp³-hybridized carbons (Fsp3) is 0.222. The molecule has 1 aromatic heterocycles. The molecule has 0 saturated carbocycles. The highest BCUT2D eigenvalue weighted by atomic mass is 35.5. The molecule has 1 heterocycles. The average Bonchev–Trinajstić information content (AvgIpc) is 2.63. The number of hydrogen-bond donors (Lipinski definition) is 1. The lowest BCUT2D eigenvalue weighted by Gasteiger charge is -2.00. The summed E-state index contributed by atoms with van der Waals surface area (Å²) in [6.07, 6.45) is 0. The molecule has 5 heteroatoms. The summed E-state index contributed by atoms with van der Waals surface area (Å²) >= 11 is 7.54. The Kier molecular flexibility index (Phi) is 2.58. The van der Waals surface area contributed by atoms with Crippen LogP contribution in [-0.4, -0.2) is 12.1 Å². The van der Waals surface area contributed by atoms with Gasteiger partial charge in [-0.05, 0) is 12.1 Å². The van der Waals surface area contributed by atoms with E-state index in [1.54, 1.807) is 13.2 Å². The number of methoxy groups -OCH3 is 1. The highest BCUT2D eigenvalue weighted by Crippen LogP contribution is 2.34. The fourth-order valence-electron chi connectivity index (χ4n) is 1.25.